The van der Waals surface area contributed by atoms with Gasteiger partial charge in [-0.25, -0.2) is 0 Å². The number of methoxy groups -OCH3 is 1. The average Bonchev–Trinajstić information content (AvgIpc) is 2.53. The number of hydrogen-bond acceptors (Lipinski definition) is 5. The van der Waals surface area contributed by atoms with Crippen molar-refractivity contribution in [3.05, 3.63) is 29.3 Å². The molecule has 0 unspecified atom stereocenters. The van der Waals surface area contributed by atoms with Crippen LogP contribution in [-0.4, -0.2) is 13.7 Å². The first-order valence-electron chi connectivity index (χ1n) is 6.45. The molecule has 0 aliphatic heterocycles. The van der Waals surface area contributed by atoms with Gasteiger partial charge in [0, 0.05) is 12.0 Å². The fourth-order valence-electron chi connectivity index (χ4n) is 1.69. The Kier molecular flexibility index (Phi) is 6.91. The van der Waals surface area contributed by atoms with Crippen LogP contribution in [0.25, 0.3) is 6.08 Å². The van der Waals surface area contributed by atoms with Gasteiger partial charge in [0.05, 0.1) is 19.8 Å². The van der Waals surface area contributed by atoms with Gasteiger partial charge >= 0.3 is 0 Å². The second kappa shape index (κ2) is 9.02. The maximum Gasteiger partial charge on any atom is 0.168 e. The highest BCUT2D eigenvalue weighted by atomic mass is 16.5. The van der Waals surface area contributed by atoms with Crippen LogP contribution in [0.3, 0.4) is 0 Å². The summed E-state index contributed by atoms with van der Waals surface area (Å²) in [7, 11) is 1.53. The van der Waals surface area contributed by atoms with E-state index in [1.807, 2.05) is 12.1 Å². The molecular formula is C16H15N3O2. The molecule has 0 radical (unpaired) electrons. The van der Waals surface area contributed by atoms with E-state index < -0.39 is 0 Å². The zero-order valence-electron chi connectivity index (χ0n) is 11.8. The molecule has 0 atom stereocenters. The number of nitriles is 3. The number of benzene rings is 1. The lowest BCUT2D eigenvalue weighted by Gasteiger charge is -2.13. The molecule has 5 nitrogen and oxygen atoms in total. The maximum absolute atomic E-state index is 8.83. The number of para-hydroxylation sites is 1. The maximum atomic E-state index is 8.83. The monoisotopic (exact) mass is 281 g/mol. The number of allylic oxidation sites excluding steroid dienone is 1. The van der Waals surface area contributed by atoms with Gasteiger partial charge in [0.15, 0.2) is 11.5 Å². The highest BCUT2D eigenvalue weighted by Gasteiger charge is 2.10. The van der Waals surface area contributed by atoms with Crippen molar-refractivity contribution in [3.8, 4) is 29.7 Å². The summed E-state index contributed by atoms with van der Waals surface area (Å²) in [4.78, 5) is 0. The smallest absolute Gasteiger partial charge is 0.168 e. The molecule has 106 valence electrons. The molecule has 0 aliphatic carbocycles. The second-order valence-corrected chi connectivity index (χ2v) is 4.12. The predicted octanol–water partition coefficient (Wildman–Crippen LogP) is 3.20. The van der Waals surface area contributed by atoms with Crippen molar-refractivity contribution in [2.24, 2.45) is 0 Å². The first-order valence-corrected chi connectivity index (χ1v) is 6.45. The lowest BCUT2D eigenvalue weighted by Crippen LogP contribution is -2.01. The van der Waals surface area contributed by atoms with E-state index in [0.717, 1.165) is 12.8 Å². The standard InChI is InChI=1S/C16H15N3O2/c1-20-15-7-5-6-14(10-13(11-18)12-19)16(15)21-9-4-2-3-8-17/h5-7,10H,2-4,9H2,1H3. The normalized spacial score (nSPS) is 8.86. The molecule has 0 amide bonds. The summed E-state index contributed by atoms with van der Waals surface area (Å²) in [6.45, 7) is 0.442. The van der Waals surface area contributed by atoms with Crippen molar-refractivity contribution in [1.29, 1.82) is 15.8 Å². The van der Waals surface area contributed by atoms with Crippen molar-refractivity contribution in [3.63, 3.8) is 0 Å². The molecule has 1 rings (SSSR count). The third-order valence-corrected chi connectivity index (χ3v) is 2.70. The van der Waals surface area contributed by atoms with Gasteiger partial charge in [0.2, 0.25) is 0 Å². The summed E-state index contributed by atoms with van der Waals surface area (Å²) >= 11 is 0. The minimum atomic E-state index is -0.00224. The van der Waals surface area contributed by atoms with Crippen LogP contribution < -0.4 is 9.47 Å². The molecule has 21 heavy (non-hydrogen) atoms. The Hall–Kier alpha value is -2.97. The third kappa shape index (κ3) is 4.90. The van der Waals surface area contributed by atoms with E-state index >= 15 is 0 Å². The average molecular weight is 281 g/mol. The van der Waals surface area contributed by atoms with Crippen LogP contribution in [0.1, 0.15) is 24.8 Å². The predicted molar refractivity (Wildman–Crippen MR) is 77.2 cm³/mol. The molecule has 0 bridgehead atoms. The van der Waals surface area contributed by atoms with Crippen LogP contribution in [0, 0.1) is 34.0 Å². The van der Waals surface area contributed by atoms with E-state index in [1.54, 1.807) is 18.2 Å². The van der Waals surface area contributed by atoms with Gasteiger partial charge in [-0.15, -0.1) is 0 Å². The molecule has 0 aliphatic rings. The fourth-order valence-corrected chi connectivity index (χ4v) is 1.69. The topological polar surface area (TPSA) is 89.8 Å². The van der Waals surface area contributed by atoms with Crippen LogP contribution in [0.5, 0.6) is 11.5 Å². The van der Waals surface area contributed by atoms with Crippen LogP contribution >= 0.6 is 0 Å². The van der Waals surface area contributed by atoms with Crippen molar-refractivity contribution in [2.75, 3.05) is 13.7 Å². The van der Waals surface area contributed by atoms with E-state index in [4.69, 9.17) is 25.3 Å². The summed E-state index contributed by atoms with van der Waals surface area (Å²) in [5, 5.41) is 26.2. The third-order valence-electron chi connectivity index (χ3n) is 2.70. The first kappa shape index (κ1) is 16.1. The van der Waals surface area contributed by atoms with E-state index in [1.165, 1.54) is 13.2 Å². The molecule has 0 saturated carbocycles. The number of ether oxygens (including phenoxy) is 2. The van der Waals surface area contributed by atoms with Gasteiger partial charge < -0.3 is 9.47 Å². The van der Waals surface area contributed by atoms with E-state index in [-0.39, 0.29) is 5.57 Å². The number of nitrogens with zero attached hydrogens (tertiary/aromatic N) is 3. The Morgan fingerprint density at radius 3 is 2.57 bits per heavy atom. The number of rotatable bonds is 7. The quantitative estimate of drug-likeness (QED) is 0.565. The van der Waals surface area contributed by atoms with Crippen LogP contribution in [0.2, 0.25) is 0 Å². The highest BCUT2D eigenvalue weighted by molar-refractivity contribution is 5.68. The Balaban J connectivity index is 2.94. The summed E-state index contributed by atoms with van der Waals surface area (Å²) in [5.74, 6) is 1.04. The molecule has 0 saturated heterocycles. The molecule has 0 aromatic heterocycles. The van der Waals surface area contributed by atoms with Gasteiger partial charge in [-0.05, 0) is 25.0 Å². The summed E-state index contributed by atoms with van der Waals surface area (Å²) in [6, 6.07) is 11.0. The summed E-state index contributed by atoms with van der Waals surface area (Å²) in [6.07, 6.45) is 3.47. The van der Waals surface area contributed by atoms with Crippen LogP contribution in [0.15, 0.2) is 23.8 Å². The van der Waals surface area contributed by atoms with Crippen molar-refractivity contribution >= 4 is 6.08 Å². The van der Waals surface area contributed by atoms with Crippen LogP contribution in [0.4, 0.5) is 0 Å². The zero-order valence-corrected chi connectivity index (χ0v) is 11.8. The van der Waals surface area contributed by atoms with Gasteiger partial charge in [-0.1, -0.05) is 12.1 Å². The first-order chi connectivity index (χ1) is 10.3. The molecule has 5 heteroatoms. The molecule has 1 aromatic rings. The van der Waals surface area contributed by atoms with Crippen molar-refractivity contribution in [2.45, 2.75) is 19.3 Å². The van der Waals surface area contributed by atoms with Gasteiger partial charge in [-0.2, -0.15) is 15.8 Å². The molecular weight excluding hydrogens is 266 g/mol. The second-order valence-electron chi connectivity index (χ2n) is 4.12. The Bertz CT molecular complexity index is 614. The highest BCUT2D eigenvalue weighted by Crippen LogP contribution is 2.32. The number of unbranched alkanes of at least 4 members (excludes halogenated alkanes) is 2. The van der Waals surface area contributed by atoms with Gasteiger partial charge in [0.1, 0.15) is 17.7 Å². The SMILES string of the molecule is COc1cccc(C=C(C#N)C#N)c1OCCCCC#N. The van der Waals surface area contributed by atoms with E-state index in [2.05, 4.69) is 6.07 Å². The zero-order chi connectivity index (χ0) is 15.5. The fraction of sp³-hybridized carbons (Fsp3) is 0.312. The Labute approximate surface area is 124 Å². The summed E-state index contributed by atoms with van der Waals surface area (Å²) in [5.41, 5.74) is 0.616. The molecule has 1 aromatic carbocycles. The summed E-state index contributed by atoms with van der Waals surface area (Å²) < 4.78 is 10.9. The molecule has 0 spiro atoms. The number of hydrogen-bond donors (Lipinski definition) is 0. The molecule has 0 heterocycles. The van der Waals surface area contributed by atoms with Gasteiger partial charge in [0.25, 0.3) is 0 Å². The Morgan fingerprint density at radius 1 is 1.19 bits per heavy atom. The van der Waals surface area contributed by atoms with Crippen molar-refractivity contribution < 1.29 is 9.47 Å². The van der Waals surface area contributed by atoms with Crippen molar-refractivity contribution in [1.82, 2.24) is 0 Å². The Morgan fingerprint density at radius 2 is 1.95 bits per heavy atom. The van der Waals surface area contributed by atoms with Gasteiger partial charge in [-0.3, -0.25) is 0 Å². The van der Waals surface area contributed by atoms with Crippen LogP contribution in [-0.2, 0) is 0 Å². The lowest BCUT2D eigenvalue weighted by atomic mass is 10.1. The molecule has 0 fully saturated rings. The van der Waals surface area contributed by atoms with E-state index in [9.17, 15) is 0 Å². The lowest BCUT2D eigenvalue weighted by molar-refractivity contribution is 0.286. The van der Waals surface area contributed by atoms with E-state index in [0.29, 0.717) is 30.1 Å². The minimum absolute atomic E-state index is 0.00224. The molecule has 0 N–H and O–H groups in total. The largest absolute Gasteiger partial charge is 0.493 e. The minimum Gasteiger partial charge on any atom is -0.493 e.